The average molecular weight is 378 g/mol. The lowest BCUT2D eigenvalue weighted by molar-refractivity contribution is 0.0719. The van der Waals surface area contributed by atoms with Crippen LogP contribution >= 0.6 is 11.6 Å². The zero-order chi connectivity index (χ0) is 18.7. The highest BCUT2D eigenvalue weighted by Crippen LogP contribution is 2.31. The Morgan fingerprint density at radius 3 is 2.77 bits per heavy atom. The van der Waals surface area contributed by atoms with Gasteiger partial charge in [-0.15, -0.1) is 0 Å². The molecule has 1 aromatic heterocycles. The maximum atomic E-state index is 14.1. The zero-order valence-electron chi connectivity index (χ0n) is 14.6. The predicted octanol–water partition coefficient (Wildman–Crippen LogP) is 3.64. The first-order chi connectivity index (χ1) is 12.5. The smallest absolute Gasteiger partial charge is 0.274 e. The molecule has 1 saturated carbocycles. The first-order valence-electron chi connectivity index (χ1n) is 8.83. The lowest BCUT2D eigenvalue weighted by Crippen LogP contribution is -2.35. The average Bonchev–Trinajstić information content (AvgIpc) is 3.45. The van der Waals surface area contributed by atoms with Crippen molar-refractivity contribution in [2.45, 2.75) is 51.7 Å². The van der Waals surface area contributed by atoms with Crippen molar-refractivity contribution in [2.24, 2.45) is 0 Å². The second-order valence-electron chi connectivity index (χ2n) is 6.50. The van der Waals surface area contributed by atoms with Crippen LogP contribution in [-0.4, -0.2) is 26.6 Å². The number of amides is 1. The second-order valence-corrected chi connectivity index (χ2v) is 6.91. The van der Waals surface area contributed by atoms with Crippen molar-refractivity contribution in [1.29, 1.82) is 0 Å². The number of hydrogen-bond acceptors (Lipinski definition) is 3. The molecule has 7 heteroatoms. The molecule has 1 aliphatic rings. The van der Waals surface area contributed by atoms with E-state index in [1.807, 2.05) is 6.92 Å². The van der Waals surface area contributed by atoms with Crippen molar-refractivity contribution in [1.82, 2.24) is 14.7 Å². The van der Waals surface area contributed by atoms with Crippen LogP contribution in [0, 0.1) is 5.82 Å². The van der Waals surface area contributed by atoms with Crippen LogP contribution in [0.2, 0.25) is 5.02 Å². The molecule has 1 amide bonds. The van der Waals surface area contributed by atoms with Crippen LogP contribution < -0.4 is 5.56 Å². The van der Waals surface area contributed by atoms with Gasteiger partial charge in [0.25, 0.3) is 11.5 Å². The van der Waals surface area contributed by atoms with Crippen molar-refractivity contribution in [3.63, 3.8) is 0 Å². The highest BCUT2D eigenvalue weighted by molar-refractivity contribution is 6.31. The quantitative estimate of drug-likeness (QED) is 0.740. The van der Waals surface area contributed by atoms with Crippen LogP contribution in [0.3, 0.4) is 0 Å². The van der Waals surface area contributed by atoms with E-state index in [-0.39, 0.29) is 29.7 Å². The van der Waals surface area contributed by atoms with E-state index < -0.39 is 5.82 Å². The summed E-state index contributed by atoms with van der Waals surface area (Å²) in [5.41, 5.74) is 0.263. The van der Waals surface area contributed by atoms with Crippen LogP contribution in [-0.2, 0) is 13.1 Å². The van der Waals surface area contributed by atoms with E-state index in [0.29, 0.717) is 17.1 Å². The lowest BCUT2D eigenvalue weighted by atomic mass is 10.2. The van der Waals surface area contributed by atoms with Gasteiger partial charge in [0.15, 0.2) is 0 Å². The minimum atomic E-state index is -0.433. The Kier molecular flexibility index (Phi) is 5.71. The molecular weight excluding hydrogens is 357 g/mol. The maximum Gasteiger partial charge on any atom is 0.274 e. The van der Waals surface area contributed by atoms with Crippen molar-refractivity contribution < 1.29 is 9.18 Å². The lowest BCUT2D eigenvalue weighted by Gasteiger charge is -2.23. The number of rotatable bonds is 7. The van der Waals surface area contributed by atoms with Crippen molar-refractivity contribution in [2.75, 3.05) is 0 Å². The normalized spacial score (nSPS) is 13.7. The third kappa shape index (κ3) is 4.12. The summed E-state index contributed by atoms with van der Waals surface area (Å²) in [5.74, 6) is -0.742. The van der Waals surface area contributed by atoms with E-state index in [1.165, 1.54) is 28.9 Å². The summed E-state index contributed by atoms with van der Waals surface area (Å²) in [4.78, 5) is 26.5. The van der Waals surface area contributed by atoms with Crippen LogP contribution in [0.4, 0.5) is 4.39 Å². The summed E-state index contributed by atoms with van der Waals surface area (Å²) in [6, 6.07) is 7.33. The molecule has 2 aromatic rings. The molecule has 26 heavy (non-hydrogen) atoms. The van der Waals surface area contributed by atoms with Crippen LogP contribution in [0.1, 0.15) is 48.7 Å². The van der Waals surface area contributed by atoms with Gasteiger partial charge in [-0.05, 0) is 37.5 Å². The van der Waals surface area contributed by atoms with Crippen LogP contribution in [0.5, 0.6) is 0 Å². The van der Waals surface area contributed by atoms with Gasteiger partial charge in [0.05, 0.1) is 6.54 Å². The monoisotopic (exact) mass is 377 g/mol. The Morgan fingerprint density at radius 2 is 2.12 bits per heavy atom. The number of hydrogen-bond donors (Lipinski definition) is 0. The molecule has 0 bridgehead atoms. The molecule has 138 valence electrons. The molecular formula is C19H21ClFN3O2. The molecule has 0 spiro atoms. The van der Waals surface area contributed by atoms with Gasteiger partial charge in [-0.3, -0.25) is 9.59 Å². The van der Waals surface area contributed by atoms with Crippen molar-refractivity contribution in [3.8, 4) is 0 Å². The number of carbonyl (C=O) groups is 1. The highest BCUT2D eigenvalue weighted by atomic mass is 35.5. The Labute approximate surface area is 156 Å². The molecule has 1 heterocycles. The summed E-state index contributed by atoms with van der Waals surface area (Å²) >= 11 is 6.11. The highest BCUT2D eigenvalue weighted by Gasteiger charge is 2.34. The third-order valence-electron chi connectivity index (χ3n) is 4.45. The number of aromatic nitrogens is 2. The Bertz CT molecular complexity index is 844. The van der Waals surface area contributed by atoms with E-state index >= 15 is 0 Å². The van der Waals surface area contributed by atoms with Crippen LogP contribution in [0.15, 0.2) is 35.1 Å². The molecule has 3 rings (SSSR count). The molecule has 5 nitrogen and oxygen atoms in total. The molecule has 0 aliphatic heterocycles. The fourth-order valence-corrected chi connectivity index (χ4v) is 3.01. The number of benzene rings is 1. The van der Waals surface area contributed by atoms with Crippen molar-refractivity contribution in [3.05, 3.63) is 62.8 Å². The number of aryl methyl sites for hydroxylation is 1. The van der Waals surface area contributed by atoms with E-state index in [4.69, 9.17) is 11.6 Å². The summed E-state index contributed by atoms with van der Waals surface area (Å²) in [6.45, 7) is 2.58. The SMILES string of the molecule is CCCCn1nc(C(=O)N(Cc2c(F)cccc2Cl)C2CC2)ccc1=O. The Morgan fingerprint density at radius 1 is 1.35 bits per heavy atom. The number of halogens is 2. The van der Waals surface area contributed by atoms with Gasteiger partial charge in [-0.1, -0.05) is 31.0 Å². The first kappa shape index (κ1) is 18.6. The fraction of sp³-hybridized carbons (Fsp3) is 0.421. The number of unbranched alkanes of at least 4 members (excludes halogenated alkanes) is 1. The minimum absolute atomic E-state index is 0.0518. The van der Waals surface area contributed by atoms with Gasteiger partial charge in [0.2, 0.25) is 0 Å². The standard InChI is InChI=1S/C19H21ClFN3O2/c1-2-3-11-24-18(25)10-9-17(22-24)19(26)23(13-7-8-13)12-14-15(20)5-4-6-16(14)21/h4-6,9-10,13H,2-3,7-8,11-12H2,1H3. The number of nitrogens with zero attached hydrogens (tertiary/aromatic N) is 3. The molecule has 0 N–H and O–H groups in total. The molecule has 1 fully saturated rings. The van der Waals surface area contributed by atoms with Gasteiger partial charge >= 0.3 is 0 Å². The van der Waals surface area contributed by atoms with Crippen molar-refractivity contribution >= 4 is 17.5 Å². The van der Waals surface area contributed by atoms with E-state index in [1.54, 1.807) is 11.0 Å². The zero-order valence-corrected chi connectivity index (χ0v) is 15.4. The Balaban J connectivity index is 1.87. The van der Waals surface area contributed by atoms with Gasteiger partial charge in [-0.25, -0.2) is 9.07 Å². The maximum absolute atomic E-state index is 14.1. The first-order valence-corrected chi connectivity index (χ1v) is 9.21. The summed E-state index contributed by atoms with van der Waals surface area (Å²) in [6.07, 6.45) is 3.47. The van der Waals surface area contributed by atoms with Gasteiger partial charge in [0, 0.05) is 29.2 Å². The van der Waals surface area contributed by atoms with Gasteiger partial charge in [-0.2, -0.15) is 5.10 Å². The summed E-state index contributed by atoms with van der Waals surface area (Å²) in [5, 5.41) is 4.51. The van der Waals surface area contributed by atoms with E-state index in [2.05, 4.69) is 5.10 Å². The third-order valence-corrected chi connectivity index (χ3v) is 4.80. The van der Waals surface area contributed by atoms with Crippen LogP contribution in [0.25, 0.3) is 0 Å². The topological polar surface area (TPSA) is 55.2 Å². The largest absolute Gasteiger partial charge is 0.330 e. The molecule has 0 radical (unpaired) electrons. The molecule has 0 unspecified atom stereocenters. The van der Waals surface area contributed by atoms with E-state index in [9.17, 15) is 14.0 Å². The number of carbonyl (C=O) groups excluding carboxylic acids is 1. The summed E-state index contributed by atoms with van der Waals surface area (Å²) < 4.78 is 15.5. The van der Waals surface area contributed by atoms with Gasteiger partial charge in [0.1, 0.15) is 11.5 Å². The predicted molar refractivity (Wildman–Crippen MR) is 97.7 cm³/mol. The summed E-state index contributed by atoms with van der Waals surface area (Å²) in [7, 11) is 0. The fourth-order valence-electron chi connectivity index (χ4n) is 2.78. The molecule has 1 aliphatic carbocycles. The Hall–Kier alpha value is -2.21. The minimum Gasteiger partial charge on any atom is -0.330 e. The molecule has 0 saturated heterocycles. The second kappa shape index (κ2) is 7.99. The van der Waals surface area contributed by atoms with E-state index in [0.717, 1.165) is 25.7 Å². The molecule has 1 aromatic carbocycles. The van der Waals surface area contributed by atoms with Gasteiger partial charge < -0.3 is 4.90 Å². The molecule has 0 atom stereocenters.